The monoisotopic (exact) mass is 224 g/mol. The van der Waals surface area contributed by atoms with Crippen LogP contribution in [0.3, 0.4) is 0 Å². The summed E-state index contributed by atoms with van der Waals surface area (Å²) in [5, 5.41) is 2.76. The van der Waals surface area contributed by atoms with Gasteiger partial charge in [0, 0.05) is 13.2 Å². The van der Waals surface area contributed by atoms with Crippen LogP contribution >= 0.6 is 0 Å². The van der Waals surface area contributed by atoms with Crippen LogP contribution in [0.25, 0.3) is 0 Å². The first-order valence-electron chi connectivity index (χ1n) is 4.90. The molecule has 1 heterocycles. The van der Waals surface area contributed by atoms with Gasteiger partial charge in [-0.15, -0.1) is 0 Å². The molecule has 6 heteroatoms. The predicted octanol–water partition coefficient (Wildman–Crippen LogP) is 0.132. The first-order chi connectivity index (χ1) is 7.67. The molecule has 1 atom stereocenters. The van der Waals surface area contributed by atoms with E-state index in [2.05, 4.69) is 15.7 Å². The second-order valence-corrected chi connectivity index (χ2v) is 3.41. The van der Waals surface area contributed by atoms with Gasteiger partial charge in [0.25, 0.3) is 5.91 Å². The Hall–Kier alpha value is -1.66. The van der Waals surface area contributed by atoms with Gasteiger partial charge in [-0.25, -0.2) is 4.98 Å². The average Bonchev–Trinajstić information content (AvgIpc) is 2.29. The van der Waals surface area contributed by atoms with E-state index in [1.54, 1.807) is 19.2 Å². The van der Waals surface area contributed by atoms with E-state index in [1.807, 2.05) is 6.92 Å². The molecule has 0 aliphatic rings. The number of nitrogens with two attached hydrogens (primary N) is 1. The van der Waals surface area contributed by atoms with Gasteiger partial charge in [-0.3, -0.25) is 10.6 Å². The van der Waals surface area contributed by atoms with E-state index in [0.29, 0.717) is 18.0 Å². The number of amides is 1. The second kappa shape index (κ2) is 6.04. The van der Waals surface area contributed by atoms with E-state index in [0.717, 1.165) is 0 Å². The third-order valence-corrected chi connectivity index (χ3v) is 1.96. The van der Waals surface area contributed by atoms with Gasteiger partial charge in [0.15, 0.2) is 0 Å². The Bertz CT molecular complexity index is 339. The zero-order valence-corrected chi connectivity index (χ0v) is 9.36. The summed E-state index contributed by atoms with van der Waals surface area (Å²) in [6.45, 7) is 2.32. The minimum Gasteiger partial charge on any atom is -0.383 e. The third kappa shape index (κ3) is 3.48. The number of hydrogen-bond donors (Lipinski definition) is 3. The van der Waals surface area contributed by atoms with Gasteiger partial charge in [0.2, 0.25) is 0 Å². The number of carbonyl (C=O) groups is 1. The third-order valence-electron chi connectivity index (χ3n) is 1.96. The average molecular weight is 224 g/mol. The van der Waals surface area contributed by atoms with Crippen molar-refractivity contribution in [2.24, 2.45) is 5.84 Å². The number of nitrogens with zero attached hydrogens (tertiary/aromatic N) is 1. The highest BCUT2D eigenvalue weighted by molar-refractivity contribution is 5.92. The highest BCUT2D eigenvalue weighted by Crippen LogP contribution is 2.04. The quantitative estimate of drug-likeness (QED) is 0.488. The molecule has 0 fully saturated rings. The van der Waals surface area contributed by atoms with Crippen molar-refractivity contribution in [1.29, 1.82) is 0 Å². The van der Waals surface area contributed by atoms with Crippen LogP contribution < -0.4 is 16.6 Å². The number of rotatable bonds is 5. The highest BCUT2D eigenvalue weighted by Gasteiger charge is 2.10. The number of nitrogen functional groups attached to an aromatic ring is 1. The first-order valence-corrected chi connectivity index (χ1v) is 4.90. The standard InChI is InChI=1S/C10H16N4O2/c1-7(6-16-2)13-10(15)9-4-3-8(14-11)5-12-9/h3-5,7,14H,6,11H2,1-2H3,(H,13,15). The Morgan fingerprint density at radius 3 is 2.88 bits per heavy atom. The van der Waals surface area contributed by atoms with Gasteiger partial charge >= 0.3 is 0 Å². The molecule has 1 amide bonds. The smallest absolute Gasteiger partial charge is 0.270 e. The largest absolute Gasteiger partial charge is 0.383 e. The maximum atomic E-state index is 11.6. The van der Waals surface area contributed by atoms with Crippen LogP contribution in [0.15, 0.2) is 18.3 Å². The molecule has 0 radical (unpaired) electrons. The molecule has 6 nitrogen and oxygen atoms in total. The van der Waals surface area contributed by atoms with Crippen LogP contribution in [0.2, 0.25) is 0 Å². The van der Waals surface area contributed by atoms with E-state index in [-0.39, 0.29) is 11.9 Å². The van der Waals surface area contributed by atoms with Crippen LogP contribution in [0.4, 0.5) is 5.69 Å². The lowest BCUT2D eigenvalue weighted by atomic mass is 10.3. The normalized spacial score (nSPS) is 11.9. The topological polar surface area (TPSA) is 89.3 Å². The predicted molar refractivity (Wildman–Crippen MR) is 60.9 cm³/mol. The van der Waals surface area contributed by atoms with Crippen LogP contribution in [0.5, 0.6) is 0 Å². The molecule has 0 spiro atoms. The molecule has 4 N–H and O–H groups in total. The van der Waals surface area contributed by atoms with Gasteiger partial charge < -0.3 is 15.5 Å². The molecule has 0 saturated heterocycles. The number of ether oxygens (including phenoxy) is 1. The van der Waals surface area contributed by atoms with Crippen LogP contribution in [0, 0.1) is 0 Å². The molecule has 1 aromatic heterocycles. The maximum absolute atomic E-state index is 11.6. The number of hydrogen-bond acceptors (Lipinski definition) is 5. The number of nitrogens with one attached hydrogen (secondary N) is 2. The summed E-state index contributed by atoms with van der Waals surface area (Å²) in [6.07, 6.45) is 1.50. The van der Waals surface area contributed by atoms with Crippen molar-refractivity contribution in [3.8, 4) is 0 Å². The van der Waals surface area contributed by atoms with E-state index in [9.17, 15) is 4.79 Å². The minimum atomic E-state index is -0.229. The molecule has 0 bridgehead atoms. The van der Waals surface area contributed by atoms with Gasteiger partial charge in [0.05, 0.1) is 18.5 Å². The fraction of sp³-hybridized carbons (Fsp3) is 0.400. The van der Waals surface area contributed by atoms with E-state index >= 15 is 0 Å². The van der Waals surface area contributed by atoms with Crippen molar-refractivity contribution in [3.05, 3.63) is 24.0 Å². The van der Waals surface area contributed by atoms with Crippen molar-refractivity contribution in [3.63, 3.8) is 0 Å². The number of carbonyl (C=O) groups excluding carboxylic acids is 1. The molecule has 88 valence electrons. The highest BCUT2D eigenvalue weighted by atomic mass is 16.5. The van der Waals surface area contributed by atoms with E-state index < -0.39 is 0 Å². The zero-order valence-electron chi connectivity index (χ0n) is 9.36. The Balaban J connectivity index is 2.59. The molecule has 0 saturated carbocycles. The zero-order chi connectivity index (χ0) is 12.0. The molecule has 16 heavy (non-hydrogen) atoms. The van der Waals surface area contributed by atoms with Crippen LogP contribution in [-0.4, -0.2) is 30.6 Å². The summed E-state index contributed by atoms with van der Waals surface area (Å²) in [7, 11) is 1.59. The van der Waals surface area contributed by atoms with Gasteiger partial charge in [-0.2, -0.15) is 0 Å². The lowest BCUT2D eigenvalue weighted by molar-refractivity contribution is 0.0900. The fourth-order valence-corrected chi connectivity index (χ4v) is 1.20. The van der Waals surface area contributed by atoms with Crippen molar-refractivity contribution in [2.75, 3.05) is 19.1 Å². The van der Waals surface area contributed by atoms with E-state index in [1.165, 1.54) is 6.20 Å². The van der Waals surface area contributed by atoms with E-state index in [4.69, 9.17) is 10.6 Å². The Morgan fingerprint density at radius 1 is 1.62 bits per heavy atom. The van der Waals surface area contributed by atoms with Crippen molar-refractivity contribution >= 4 is 11.6 Å². The molecule has 1 unspecified atom stereocenters. The lowest BCUT2D eigenvalue weighted by Crippen LogP contribution is -2.36. The summed E-state index contributed by atoms with van der Waals surface area (Å²) < 4.78 is 4.92. The van der Waals surface area contributed by atoms with Crippen LogP contribution in [0.1, 0.15) is 17.4 Å². The summed E-state index contributed by atoms with van der Waals surface area (Å²) in [5.41, 5.74) is 3.44. The molecular formula is C10H16N4O2. The summed E-state index contributed by atoms with van der Waals surface area (Å²) in [6, 6.07) is 3.24. The Morgan fingerprint density at radius 2 is 2.38 bits per heavy atom. The Labute approximate surface area is 94.2 Å². The number of methoxy groups -OCH3 is 1. The van der Waals surface area contributed by atoms with Crippen molar-refractivity contribution in [2.45, 2.75) is 13.0 Å². The summed E-state index contributed by atoms with van der Waals surface area (Å²) in [5.74, 6) is 4.96. The Kier molecular flexibility index (Phi) is 4.68. The first kappa shape index (κ1) is 12.4. The van der Waals surface area contributed by atoms with Crippen molar-refractivity contribution < 1.29 is 9.53 Å². The van der Waals surface area contributed by atoms with Crippen molar-refractivity contribution in [1.82, 2.24) is 10.3 Å². The van der Waals surface area contributed by atoms with Crippen LogP contribution in [-0.2, 0) is 4.74 Å². The molecule has 0 aliphatic carbocycles. The van der Waals surface area contributed by atoms with Gasteiger partial charge in [0.1, 0.15) is 5.69 Å². The molecule has 0 aromatic carbocycles. The number of aromatic nitrogens is 1. The SMILES string of the molecule is COCC(C)NC(=O)c1ccc(NN)cn1. The molecule has 0 aliphatic heterocycles. The molecule has 1 rings (SSSR count). The molecular weight excluding hydrogens is 208 g/mol. The lowest BCUT2D eigenvalue weighted by Gasteiger charge is -2.12. The molecule has 1 aromatic rings. The van der Waals surface area contributed by atoms with Gasteiger partial charge in [-0.1, -0.05) is 0 Å². The summed E-state index contributed by atoms with van der Waals surface area (Å²) >= 11 is 0. The maximum Gasteiger partial charge on any atom is 0.270 e. The number of anilines is 1. The minimum absolute atomic E-state index is 0.0494. The number of hydrazine groups is 1. The summed E-state index contributed by atoms with van der Waals surface area (Å²) in [4.78, 5) is 15.6. The second-order valence-electron chi connectivity index (χ2n) is 3.41. The fourth-order valence-electron chi connectivity index (χ4n) is 1.20. The van der Waals surface area contributed by atoms with Gasteiger partial charge in [-0.05, 0) is 19.1 Å². The number of pyridine rings is 1.